The Balaban J connectivity index is 1.68. The van der Waals surface area contributed by atoms with Gasteiger partial charge in [-0.25, -0.2) is 9.78 Å². The van der Waals surface area contributed by atoms with Crippen molar-refractivity contribution in [3.8, 4) is 5.75 Å². The van der Waals surface area contributed by atoms with E-state index in [1.807, 2.05) is 0 Å². The topological polar surface area (TPSA) is 77.5 Å². The molecule has 1 aliphatic rings. The maximum atomic E-state index is 12.6. The first-order valence-electron chi connectivity index (χ1n) is 9.25. The molecular weight excluding hydrogens is 344 g/mol. The third-order valence-electron chi connectivity index (χ3n) is 4.75. The van der Waals surface area contributed by atoms with Gasteiger partial charge in [-0.15, -0.1) is 0 Å². The van der Waals surface area contributed by atoms with E-state index in [-0.39, 0.29) is 5.91 Å². The minimum Gasteiger partial charge on any atom is -0.489 e. The van der Waals surface area contributed by atoms with Gasteiger partial charge in [0.25, 0.3) is 5.91 Å². The van der Waals surface area contributed by atoms with Crippen LogP contribution in [0.1, 0.15) is 52.8 Å². The van der Waals surface area contributed by atoms with Gasteiger partial charge in [-0.3, -0.25) is 4.79 Å². The third kappa shape index (κ3) is 5.06. The fourth-order valence-corrected chi connectivity index (χ4v) is 3.25. The van der Waals surface area contributed by atoms with Crippen LogP contribution in [0.25, 0.3) is 0 Å². The molecule has 0 aliphatic heterocycles. The predicted molar refractivity (Wildman–Crippen MR) is 102 cm³/mol. The highest BCUT2D eigenvalue weighted by Gasteiger charge is 2.17. The molecule has 0 bridgehead atoms. The van der Waals surface area contributed by atoms with Crippen LogP contribution in [0.2, 0.25) is 0 Å². The minimum absolute atomic E-state index is 0.319. The summed E-state index contributed by atoms with van der Waals surface area (Å²) < 4.78 is 10.6. The van der Waals surface area contributed by atoms with Crippen molar-refractivity contribution in [3.05, 3.63) is 53.7 Å². The van der Waals surface area contributed by atoms with Crippen molar-refractivity contribution in [2.75, 3.05) is 19.0 Å². The Bertz CT molecular complexity index is 800. The van der Waals surface area contributed by atoms with Crippen LogP contribution in [-0.2, 0) is 4.74 Å². The Morgan fingerprint density at radius 1 is 1.11 bits per heavy atom. The summed E-state index contributed by atoms with van der Waals surface area (Å²) in [4.78, 5) is 28.5. The Hall–Kier alpha value is -2.89. The lowest BCUT2D eigenvalue weighted by molar-refractivity contribution is 0.0600. The SMILES string of the molecule is COC(=O)c1cccc(C(=O)Nc2ncccc2OCC2CCCCC2)c1. The van der Waals surface area contributed by atoms with Gasteiger partial charge in [0.05, 0.1) is 19.3 Å². The Kier molecular flexibility index (Phi) is 6.41. The smallest absolute Gasteiger partial charge is 0.337 e. The van der Waals surface area contributed by atoms with Gasteiger partial charge in [0, 0.05) is 11.8 Å². The number of rotatable bonds is 6. The van der Waals surface area contributed by atoms with Gasteiger partial charge < -0.3 is 14.8 Å². The second-order valence-electron chi connectivity index (χ2n) is 6.69. The zero-order chi connectivity index (χ0) is 19.1. The molecule has 27 heavy (non-hydrogen) atoms. The number of anilines is 1. The summed E-state index contributed by atoms with van der Waals surface area (Å²) in [6.45, 7) is 0.631. The summed E-state index contributed by atoms with van der Waals surface area (Å²) in [7, 11) is 1.30. The summed E-state index contributed by atoms with van der Waals surface area (Å²) in [5, 5.41) is 2.77. The van der Waals surface area contributed by atoms with E-state index < -0.39 is 5.97 Å². The van der Waals surface area contributed by atoms with Crippen molar-refractivity contribution in [2.45, 2.75) is 32.1 Å². The lowest BCUT2D eigenvalue weighted by atomic mass is 9.90. The first-order valence-corrected chi connectivity index (χ1v) is 9.25. The van der Waals surface area contributed by atoms with Gasteiger partial charge in [-0.2, -0.15) is 0 Å². The van der Waals surface area contributed by atoms with E-state index in [9.17, 15) is 9.59 Å². The molecule has 0 atom stereocenters. The zero-order valence-electron chi connectivity index (χ0n) is 15.4. The van der Waals surface area contributed by atoms with Crippen molar-refractivity contribution in [1.29, 1.82) is 0 Å². The van der Waals surface area contributed by atoms with Crippen LogP contribution in [0, 0.1) is 5.92 Å². The number of ether oxygens (including phenoxy) is 2. The third-order valence-corrected chi connectivity index (χ3v) is 4.75. The predicted octanol–water partition coefficient (Wildman–Crippen LogP) is 4.08. The van der Waals surface area contributed by atoms with E-state index in [1.54, 1.807) is 36.5 Å². The van der Waals surface area contributed by atoms with E-state index in [0.717, 1.165) is 0 Å². The molecule has 6 heteroatoms. The molecule has 1 amide bonds. The maximum Gasteiger partial charge on any atom is 0.337 e. The molecule has 0 saturated heterocycles. The molecule has 0 spiro atoms. The maximum absolute atomic E-state index is 12.6. The number of esters is 1. The minimum atomic E-state index is -0.487. The van der Waals surface area contributed by atoms with Crippen LogP contribution >= 0.6 is 0 Å². The van der Waals surface area contributed by atoms with Crippen LogP contribution < -0.4 is 10.1 Å². The number of amides is 1. The van der Waals surface area contributed by atoms with Gasteiger partial charge in [0.1, 0.15) is 0 Å². The first-order chi connectivity index (χ1) is 13.2. The number of benzene rings is 1. The van der Waals surface area contributed by atoms with Crippen molar-refractivity contribution in [3.63, 3.8) is 0 Å². The average Bonchev–Trinajstić information content (AvgIpc) is 2.73. The van der Waals surface area contributed by atoms with Crippen molar-refractivity contribution < 1.29 is 19.1 Å². The van der Waals surface area contributed by atoms with E-state index >= 15 is 0 Å². The summed E-state index contributed by atoms with van der Waals surface area (Å²) in [5.74, 6) is 0.641. The lowest BCUT2D eigenvalue weighted by Gasteiger charge is -2.22. The number of hydrogen-bond acceptors (Lipinski definition) is 5. The molecule has 0 unspecified atom stereocenters. The first kappa shape index (κ1) is 18.9. The van der Waals surface area contributed by atoms with Crippen molar-refractivity contribution in [2.24, 2.45) is 5.92 Å². The monoisotopic (exact) mass is 368 g/mol. The Morgan fingerprint density at radius 3 is 2.67 bits per heavy atom. The molecule has 1 aliphatic carbocycles. The quantitative estimate of drug-likeness (QED) is 0.778. The number of carbonyl (C=O) groups is 2. The number of hydrogen-bond donors (Lipinski definition) is 1. The summed E-state index contributed by atoms with van der Waals surface area (Å²) in [5.41, 5.74) is 0.668. The van der Waals surface area contributed by atoms with Crippen LogP contribution in [-0.4, -0.2) is 30.6 Å². The summed E-state index contributed by atoms with van der Waals surface area (Å²) in [6, 6.07) is 9.95. The van der Waals surface area contributed by atoms with E-state index in [2.05, 4.69) is 10.3 Å². The van der Waals surface area contributed by atoms with Crippen molar-refractivity contribution in [1.82, 2.24) is 4.98 Å². The largest absolute Gasteiger partial charge is 0.489 e. The number of carbonyl (C=O) groups excluding carboxylic acids is 2. The second kappa shape index (κ2) is 9.16. The Morgan fingerprint density at radius 2 is 1.89 bits per heavy atom. The van der Waals surface area contributed by atoms with Gasteiger partial charge in [-0.05, 0) is 49.1 Å². The molecule has 142 valence electrons. The molecule has 2 aromatic rings. The zero-order valence-corrected chi connectivity index (χ0v) is 15.4. The highest BCUT2D eigenvalue weighted by atomic mass is 16.5. The molecule has 0 radical (unpaired) electrons. The highest BCUT2D eigenvalue weighted by Crippen LogP contribution is 2.27. The summed E-state index contributed by atoms with van der Waals surface area (Å²) >= 11 is 0. The van der Waals surface area contributed by atoms with E-state index in [0.29, 0.717) is 35.2 Å². The Labute approximate surface area is 158 Å². The number of pyridine rings is 1. The van der Waals surface area contributed by atoms with Gasteiger partial charge in [0.15, 0.2) is 11.6 Å². The lowest BCUT2D eigenvalue weighted by Crippen LogP contribution is -2.18. The van der Waals surface area contributed by atoms with Crippen LogP contribution in [0.5, 0.6) is 5.75 Å². The molecule has 1 saturated carbocycles. The highest BCUT2D eigenvalue weighted by molar-refractivity contribution is 6.05. The fraction of sp³-hybridized carbons (Fsp3) is 0.381. The van der Waals surface area contributed by atoms with E-state index in [4.69, 9.17) is 9.47 Å². The fourth-order valence-electron chi connectivity index (χ4n) is 3.25. The number of methoxy groups -OCH3 is 1. The number of nitrogens with one attached hydrogen (secondary N) is 1. The standard InChI is InChI=1S/C21H24N2O4/c1-26-21(25)17-10-5-9-16(13-17)20(24)23-19-18(11-6-12-22-19)27-14-15-7-3-2-4-8-15/h5-6,9-13,15H,2-4,7-8,14H2,1H3,(H,22,23,24). The molecular formula is C21H24N2O4. The van der Waals surface area contributed by atoms with Gasteiger partial charge in [-0.1, -0.05) is 25.3 Å². The molecule has 1 fully saturated rings. The van der Waals surface area contributed by atoms with Crippen LogP contribution in [0.4, 0.5) is 5.82 Å². The average molecular weight is 368 g/mol. The van der Waals surface area contributed by atoms with Gasteiger partial charge >= 0.3 is 5.97 Å². The molecule has 3 rings (SSSR count). The molecule has 1 aromatic carbocycles. The molecule has 1 aromatic heterocycles. The van der Waals surface area contributed by atoms with Crippen molar-refractivity contribution >= 4 is 17.7 Å². The number of aromatic nitrogens is 1. The summed E-state index contributed by atoms with van der Waals surface area (Å²) in [6.07, 6.45) is 7.77. The van der Waals surface area contributed by atoms with Crippen LogP contribution in [0.15, 0.2) is 42.6 Å². The normalized spacial score (nSPS) is 14.4. The number of nitrogens with zero attached hydrogens (tertiary/aromatic N) is 1. The second-order valence-corrected chi connectivity index (χ2v) is 6.69. The molecule has 6 nitrogen and oxygen atoms in total. The van der Waals surface area contributed by atoms with Crippen LogP contribution in [0.3, 0.4) is 0 Å². The van der Waals surface area contributed by atoms with E-state index in [1.165, 1.54) is 45.3 Å². The molecule has 1 heterocycles. The van der Waals surface area contributed by atoms with Gasteiger partial charge in [0.2, 0.25) is 0 Å². The molecule has 1 N–H and O–H groups in total.